The molecule has 1 aromatic carbocycles. The van der Waals surface area contributed by atoms with Crippen LogP contribution in [0, 0.1) is 0 Å². The zero-order chi connectivity index (χ0) is 13.9. The van der Waals surface area contributed by atoms with Crippen LogP contribution in [0.15, 0.2) is 54.9 Å². The zero-order valence-electron chi connectivity index (χ0n) is 11.2. The molecule has 1 unspecified atom stereocenters. The largest absolute Gasteiger partial charge is 0.438 e. The van der Waals surface area contributed by atoms with E-state index < -0.39 is 0 Å². The summed E-state index contributed by atoms with van der Waals surface area (Å²) in [6.45, 7) is 1.91. The summed E-state index contributed by atoms with van der Waals surface area (Å²) >= 11 is 0. The van der Waals surface area contributed by atoms with Crippen molar-refractivity contribution >= 4 is 10.9 Å². The van der Waals surface area contributed by atoms with Crippen molar-refractivity contribution in [2.75, 3.05) is 0 Å². The van der Waals surface area contributed by atoms with Gasteiger partial charge in [-0.05, 0) is 37.3 Å². The quantitative estimate of drug-likeness (QED) is 0.788. The van der Waals surface area contributed by atoms with Crippen molar-refractivity contribution < 1.29 is 4.74 Å². The Morgan fingerprint density at radius 1 is 1.00 bits per heavy atom. The van der Waals surface area contributed by atoms with Crippen molar-refractivity contribution in [3.8, 4) is 11.6 Å². The lowest BCUT2D eigenvalue weighted by atomic mass is 10.1. The Bertz CT molecular complexity index is 735. The van der Waals surface area contributed by atoms with Gasteiger partial charge in [-0.2, -0.15) is 0 Å². The molecule has 0 saturated carbocycles. The van der Waals surface area contributed by atoms with Crippen LogP contribution in [0.3, 0.4) is 0 Å². The summed E-state index contributed by atoms with van der Waals surface area (Å²) in [5, 5.41) is 0.955. The number of nitrogens with two attached hydrogens (primary N) is 1. The van der Waals surface area contributed by atoms with Crippen LogP contribution in [0.5, 0.6) is 11.6 Å². The third-order valence-corrected chi connectivity index (χ3v) is 3.10. The summed E-state index contributed by atoms with van der Waals surface area (Å²) < 4.78 is 5.95. The maximum atomic E-state index is 5.95. The lowest BCUT2D eigenvalue weighted by Gasteiger charge is -2.13. The number of hydrogen-bond donors (Lipinski definition) is 1. The number of aromatic nitrogens is 2. The highest BCUT2D eigenvalue weighted by Crippen LogP contribution is 2.30. The van der Waals surface area contributed by atoms with Crippen molar-refractivity contribution in [1.29, 1.82) is 0 Å². The van der Waals surface area contributed by atoms with Crippen molar-refractivity contribution in [3.05, 3.63) is 60.4 Å². The summed E-state index contributed by atoms with van der Waals surface area (Å²) in [5.41, 5.74) is 7.72. The Morgan fingerprint density at radius 2 is 1.80 bits per heavy atom. The normalized spacial score (nSPS) is 12.3. The van der Waals surface area contributed by atoms with Gasteiger partial charge in [0.05, 0.1) is 5.52 Å². The third kappa shape index (κ3) is 2.33. The van der Waals surface area contributed by atoms with Gasteiger partial charge in [-0.1, -0.05) is 12.1 Å². The predicted octanol–water partition coefficient (Wildman–Crippen LogP) is 3.44. The van der Waals surface area contributed by atoms with E-state index in [0.29, 0.717) is 5.88 Å². The molecule has 100 valence electrons. The number of fused-ring (bicyclic) bond motifs is 1. The van der Waals surface area contributed by atoms with Crippen molar-refractivity contribution in [3.63, 3.8) is 0 Å². The molecular formula is C16H15N3O. The van der Waals surface area contributed by atoms with Crippen molar-refractivity contribution in [2.24, 2.45) is 5.73 Å². The fourth-order valence-electron chi connectivity index (χ4n) is 2.10. The Kier molecular flexibility index (Phi) is 3.31. The molecule has 4 heteroatoms. The van der Waals surface area contributed by atoms with E-state index in [1.54, 1.807) is 12.4 Å². The second-order valence-electron chi connectivity index (χ2n) is 4.61. The second kappa shape index (κ2) is 5.27. The van der Waals surface area contributed by atoms with E-state index in [2.05, 4.69) is 9.97 Å². The summed E-state index contributed by atoms with van der Waals surface area (Å²) in [5.74, 6) is 1.27. The number of hydrogen-bond acceptors (Lipinski definition) is 4. The van der Waals surface area contributed by atoms with Gasteiger partial charge in [-0.15, -0.1) is 0 Å². The van der Waals surface area contributed by atoms with E-state index in [-0.39, 0.29) is 6.04 Å². The van der Waals surface area contributed by atoms with E-state index in [1.165, 1.54) is 0 Å². The molecule has 0 aliphatic heterocycles. The summed E-state index contributed by atoms with van der Waals surface area (Å²) in [7, 11) is 0. The number of benzene rings is 1. The molecule has 0 amide bonds. The molecule has 2 aromatic heterocycles. The van der Waals surface area contributed by atoms with Gasteiger partial charge in [-0.3, -0.25) is 4.98 Å². The van der Waals surface area contributed by atoms with Crippen LogP contribution in [0.2, 0.25) is 0 Å². The second-order valence-corrected chi connectivity index (χ2v) is 4.61. The monoisotopic (exact) mass is 265 g/mol. The molecule has 0 aliphatic rings. The lowest BCUT2D eigenvalue weighted by molar-refractivity contribution is 0.457. The minimum Gasteiger partial charge on any atom is -0.438 e. The highest BCUT2D eigenvalue weighted by molar-refractivity contribution is 5.85. The Morgan fingerprint density at radius 3 is 2.65 bits per heavy atom. The number of pyridine rings is 2. The fraction of sp³-hybridized carbons (Fsp3) is 0.125. The van der Waals surface area contributed by atoms with E-state index in [9.17, 15) is 0 Å². The molecule has 0 saturated heterocycles. The molecule has 20 heavy (non-hydrogen) atoms. The Hall–Kier alpha value is -2.46. The maximum absolute atomic E-state index is 5.95. The van der Waals surface area contributed by atoms with Gasteiger partial charge >= 0.3 is 0 Å². The van der Waals surface area contributed by atoms with Gasteiger partial charge in [0.2, 0.25) is 5.88 Å². The molecule has 3 aromatic rings. The first-order valence-corrected chi connectivity index (χ1v) is 6.48. The van der Waals surface area contributed by atoms with Crippen LogP contribution >= 0.6 is 0 Å². The summed E-state index contributed by atoms with van der Waals surface area (Å²) in [4.78, 5) is 8.60. The number of ether oxygens (including phenoxy) is 1. The number of nitrogens with zero attached hydrogens (tertiary/aromatic N) is 2. The van der Waals surface area contributed by atoms with Crippen LogP contribution in [-0.2, 0) is 0 Å². The van der Waals surface area contributed by atoms with E-state index in [4.69, 9.17) is 10.5 Å². The summed E-state index contributed by atoms with van der Waals surface area (Å²) in [6.07, 6.45) is 3.46. The average molecular weight is 265 g/mol. The highest BCUT2D eigenvalue weighted by Gasteiger charge is 2.11. The molecule has 0 spiro atoms. The lowest BCUT2D eigenvalue weighted by Crippen LogP contribution is -2.07. The zero-order valence-corrected chi connectivity index (χ0v) is 11.2. The molecule has 3 rings (SSSR count). The van der Waals surface area contributed by atoms with Gasteiger partial charge in [-0.25, -0.2) is 4.98 Å². The highest BCUT2D eigenvalue weighted by atomic mass is 16.5. The van der Waals surface area contributed by atoms with Gasteiger partial charge in [0.1, 0.15) is 5.75 Å². The first-order valence-electron chi connectivity index (χ1n) is 6.48. The Labute approximate surface area is 117 Å². The smallest absolute Gasteiger partial charge is 0.224 e. The van der Waals surface area contributed by atoms with Gasteiger partial charge in [0.15, 0.2) is 0 Å². The standard InChI is InChI=1S/C16H15N3O/c1-11(17)12-5-3-10-19-16(12)20-15-8-2-7-14-13(15)6-4-9-18-14/h2-11H,17H2,1H3. The average Bonchev–Trinajstić information content (AvgIpc) is 2.48. The third-order valence-electron chi connectivity index (χ3n) is 3.10. The van der Waals surface area contributed by atoms with Crippen LogP contribution in [0.4, 0.5) is 0 Å². The molecule has 4 nitrogen and oxygen atoms in total. The molecule has 0 radical (unpaired) electrons. The minimum absolute atomic E-state index is 0.133. The van der Waals surface area contributed by atoms with E-state index >= 15 is 0 Å². The molecule has 0 bridgehead atoms. The molecular weight excluding hydrogens is 250 g/mol. The maximum Gasteiger partial charge on any atom is 0.224 e. The van der Waals surface area contributed by atoms with Crippen molar-refractivity contribution in [2.45, 2.75) is 13.0 Å². The van der Waals surface area contributed by atoms with Crippen molar-refractivity contribution in [1.82, 2.24) is 9.97 Å². The van der Waals surface area contributed by atoms with E-state index in [1.807, 2.05) is 49.4 Å². The van der Waals surface area contributed by atoms with Gasteiger partial charge < -0.3 is 10.5 Å². The van der Waals surface area contributed by atoms with Crippen LogP contribution in [-0.4, -0.2) is 9.97 Å². The van der Waals surface area contributed by atoms with Gasteiger partial charge in [0, 0.05) is 29.4 Å². The van der Waals surface area contributed by atoms with Gasteiger partial charge in [0.25, 0.3) is 0 Å². The predicted molar refractivity (Wildman–Crippen MR) is 78.7 cm³/mol. The van der Waals surface area contributed by atoms with Crippen LogP contribution < -0.4 is 10.5 Å². The SMILES string of the molecule is CC(N)c1cccnc1Oc1cccc2ncccc12. The molecule has 2 N–H and O–H groups in total. The minimum atomic E-state index is -0.133. The number of rotatable bonds is 3. The van der Waals surface area contributed by atoms with Crippen LogP contribution in [0.1, 0.15) is 18.5 Å². The first-order chi connectivity index (χ1) is 9.75. The molecule has 0 fully saturated rings. The topological polar surface area (TPSA) is 61.0 Å². The first kappa shape index (κ1) is 12.6. The molecule has 1 atom stereocenters. The molecule has 0 aliphatic carbocycles. The summed E-state index contributed by atoms with van der Waals surface area (Å²) in [6, 6.07) is 13.3. The molecule has 2 heterocycles. The van der Waals surface area contributed by atoms with E-state index in [0.717, 1.165) is 22.2 Å². The van der Waals surface area contributed by atoms with Crippen LogP contribution in [0.25, 0.3) is 10.9 Å². The fourth-order valence-corrected chi connectivity index (χ4v) is 2.10. The Balaban J connectivity index is 2.06.